The summed E-state index contributed by atoms with van der Waals surface area (Å²) >= 11 is 6.05. The highest BCUT2D eigenvalue weighted by Gasteiger charge is 2.33. The van der Waals surface area contributed by atoms with Crippen molar-refractivity contribution in [2.75, 3.05) is 0 Å². The van der Waals surface area contributed by atoms with Crippen molar-refractivity contribution >= 4 is 24.0 Å². The first kappa shape index (κ1) is 8.53. The molecule has 12 heavy (non-hydrogen) atoms. The van der Waals surface area contributed by atoms with Gasteiger partial charge >= 0.3 is 0 Å². The number of aliphatic hydroxyl groups excluding tert-OH is 1. The Morgan fingerprint density at radius 2 is 2.42 bits per heavy atom. The molecule has 1 aromatic rings. The van der Waals surface area contributed by atoms with E-state index < -0.39 is 0 Å². The maximum Gasteiger partial charge on any atom is 0.0794 e. The molecule has 1 aliphatic rings. The highest BCUT2D eigenvalue weighted by Crippen LogP contribution is 2.39. The zero-order valence-electron chi connectivity index (χ0n) is 6.55. The zero-order chi connectivity index (χ0) is 8.55. The van der Waals surface area contributed by atoms with Gasteiger partial charge in [0.1, 0.15) is 0 Å². The van der Waals surface area contributed by atoms with E-state index in [1.165, 1.54) is 4.88 Å². The van der Waals surface area contributed by atoms with Gasteiger partial charge in [-0.1, -0.05) is 0 Å². The number of hydrogen-bond acceptors (Lipinski definition) is 4. The van der Waals surface area contributed by atoms with Crippen LogP contribution in [0, 0.1) is 0 Å². The normalized spacial score (nSPS) is 35.7. The van der Waals surface area contributed by atoms with Crippen LogP contribution in [0.3, 0.4) is 0 Å². The molecule has 2 rings (SSSR count). The number of aliphatic hydroxyl groups is 1. The Morgan fingerprint density at radius 1 is 1.58 bits per heavy atom. The third-order valence-corrected chi connectivity index (χ3v) is 4.01. The monoisotopic (exact) mass is 201 g/mol. The minimum atomic E-state index is -0.236. The average molecular weight is 201 g/mol. The van der Waals surface area contributed by atoms with Gasteiger partial charge in [-0.05, 0) is 12.8 Å². The van der Waals surface area contributed by atoms with Crippen LogP contribution in [-0.2, 0) is 0 Å². The molecule has 3 atom stereocenters. The molecule has 0 spiro atoms. The van der Waals surface area contributed by atoms with Crippen molar-refractivity contribution < 1.29 is 5.11 Å². The van der Waals surface area contributed by atoms with Gasteiger partial charge in [0.25, 0.3) is 0 Å². The number of aromatic nitrogens is 1. The average Bonchev–Trinajstić information content (AvgIpc) is 2.64. The minimum absolute atomic E-state index is 0.102. The molecule has 1 N–H and O–H groups in total. The summed E-state index contributed by atoms with van der Waals surface area (Å²) in [6, 6.07) is 0. The third-order valence-electron chi connectivity index (χ3n) is 2.40. The molecule has 2 nitrogen and oxygen atoms in total. The van der Waals surface area contributed by atoms with Crippen molar-refractivity contribution in [1.29, 1.82) is 0 Å². The molecular formula is C8H11NOS2. The maximum absolute atomic E-state index is 9.47. The minimum Gasteiger partial charge on any atom is -0.392 e. The van der Waals surface area contributed by atoms with E-state index >= 15 is 0 Å². The van der Waals surface area contributed by atoms with Crippen molar-refractivity contribution in [3.63, 3.8) is 0 Å². The molecule has 1 fully saturated rings. The number of rotatable bonds is 1. The summed E-state index contributed by atoms with van der Waals surface area (Å²) in [5.74, 6) is 0.413. The summed E-state index contributed by atoms with van der Waals surface area (Å²) in [5.41, 5.74) is 1.83. The number of thiol groups is 1. The quantitative estimate of drug-likeness (QED) is 0.678. The Kier molecular flexibility index (Phi) is 2.39. The van der Waals surface area contributed by atoms with Crippen LogP contribution in [0.2, 0.25) is 0 Å². The van der Waals surface area contributed by atoms with Crippen LogP contribution in [0.4, 0.5) is 0 Å². The van der Waals surface area contributed by atoms with Crippen LogP contribution in [-0.4, -0.2) is 21.4 Å². The fourth-order valence-electron chi connectivity index (χ4n) is 1.68. The van der Waals surface area contributed by atoms with Gasteiger partial charge in [0, 0.05) is 22.2 Å². The summed E-state index contributed by atoms with van der Waals surface area (Å²) in [6.45, 7) is 0. The summed E-state index contributed by atoms with van der Waals surface area (Å²) in [5, 5.41) is 9.58. The highest BCUT2D eigenvalue weighted by atomic mass is 32.1. The molecule has 0 aliphatic heterocycles. The smallest absolute Gasteiger partial charge is 0.0794 e. The van der Waals surface area contributed by atoms with E-state index in [1.54, 1.807) is 11.3 Å². The third kappa shape index (κ3) is 1.39. The topological polar surface area (TPSA) is 33.1 Å². The van der Waals surface area contributed by atoms with Crippen LogP contribution >= 0.6 is 24.0 Å². The molecule has 0 radical (unpaired) electrons. The predicted octanol–water partition coefficient (Wildman–Crippen LogP) is 1.68. The molecule has 0 saturated heterocycles. The lowest BCUT2D eigenvalue weighted by atomic mass is 10.1. The predicted molar refractivity (Wildman–Crippen MR) is 52.9 cm³/mol. The first-order valence-corrected chi connectivity index (χ1v) is 5.43. The molecular weight excluding hydrogens is 190 g/mol. The van der Waals surface area contributed by atoms with Gasteiger partial charge in [0.05, 0.1) is 11.6 Å². The molecule has 66 valence electrons. The number of nitrogens with zero attached hydrogens (tertiary/aromatic N) is 1. The molecule has 0 bridgehead atoms. The van der Waals surface area contributed by atoms with Crippen molar-refractivity contribution in [1.82, 2.24) is 4.98 Å². The lowest BCUT2D eigenvalue weighted by Crippen LogP contribution is -2.17. The molecule has 0 aromatic carbocycles. The van der Waals surface area contributed by atoms with Crippen LogP contribution in [0.5, 0.6) is 0 Å². The number of thiazole rings is 1. The lowest BCUT2D eigenvalue weighted by Gasteiger charge is -2.13. The molecule has 1 aromatic heterocycles. The maximum atomic E-state index is 9.47. The fourth-order valence-corrected chi connectivity index (χ4v) is 3.04. The summed E-state index contributed by atoms with van der Waals surface area (Å²) in [6.07, 6.45) is 3.56. The summed E-state index contributed by atoms with van der Waals surface area (Å²) < 4.78 is 0. The van der Waals surface area contributed by atoms with E-state index in [2.05, 4.69) is 17.6 Å². The number of hydrogen-bond donors (Lipinski definition) is 2. The molecule has 3 unspecified atom stereocenters. The molecule has 4 heteroatoms. The largest absolute Gasteiger partial charge is 0.392 e. The van der Waals surface area contributed by atoms with Crippen LogP contribution in [0.25, 0.3) is 0 Å². The summed E-state index contributed by atoms with van der Waals surface area (Å²) in [4.78, 5) is 5.29. The second-order valence-electron chi connectivity index (χ2n) is 3.15. The highest BCUT2D eigenvalue weighted by molar-refractivity contribution is 7.81. The van der Waals surface area contributed by atoms with Gasteiger partial charge in [0.2, 0.25) is 0 Å². The van der Waals surface area contributed by atoms with Crippen molar-refractivity contribution in [3.05, 3.63) is 16.6 Å². The van der Waals surface area contributed by atoms with E-state index in [4.69, 9.17) is 0 Å². The van der Waals surface area contributed by atoms with Gasteiger partial charge in [-0.15, -0.1) is 11.3 Å². The fraction of sp³-hybridized carbons (Fsp3) is 0.625. The van der Waals surface area contributed by atoms with Gasteiger partial charge in [-0.2, -0.15) is 12.6 Å². The van der Waals surface area contributed by atoms with Gasteiger partial charge in [-0.3, -0.25) is 4.98 Å². The Labute approximate surface area is 81.1 Å². The molecule has 1 saturated carbocycles. The standard InChI is InChI=1S/C8H11NOS2/c10-6-2-1-5(8(6)11)7-3-9-4-12-7/h3-6,8,10-11H,1-2H2. The Balaban J connectivity index is 2.16. The second-order valence-corrected chi connectivity index (χ2v) is 4.66. The van der Waals surface area contributed by atoms with Crippen LogP contribution in [0.1, 0.15) is 23.6 Å². The Bertz CT molecular complexity index is 250. The van der Waals surface area contributed by atoms with Gasteiger partial charge in [0.15, 0.2) is 0 Å². The van der Waals surface area contributed by atoms with E-state index in [9.17, 15) is 5.11 Å². The van der Waals surface area contributed by atoms with Crippen LogP contribution < -0.4 is 0 Å². The first-order valence-electron chi connectivity index (χ1n) is 4.03. The Hall–Kier alpha value is -0.0600. The van der Waals surface area contributed by atoms with Gasteiger partial charge in [-0.25, -0.2) is 0 Å². The van der Waals surface area contributed by atoms with E-state index in [1.807, 2.05) is 11.7 Å². The van der Waals surface area contributed by atoms with E-state index in [-0.39, 0.29) is 11.4 Å². The van der Waals surface area contributed by atoms with Crippen molar-refractivity contribution in [3.8, 4) is 0 Å². The Morgan fingerprint density at radius 3 is 2.92 bits per heavy atom. The first-order chi connectivity index (χ1) is 5.79. The second kappa shape index (κ2) is 3.36. The molecule has 1 heterocycles. The molecule has 1 aliphatic carbocycles. The SMILES string of the molecule is OC1CCC(c2cncs2)C1S. The lowest BCUT2D eigenvalue weighted by molar-refractivity contribution is 0.187. The van der Waals surface area contributed by atoms with E-state index in [0.29, 0.717) is 5.92 Å². The van der Waals surface area contributed by atoms with Gasteiger partial charge < -0.3 is 5.11 Å². The zero-order valence-corrected chi connectivity index (χ0v) is 8.26. The van der Waals surface area contributed by atoms with Crippen molar-refractivity contribution in [2.45, 2.75) is 30.1 Å². The van der Waals surface area contributed by atoms with Crippen molar-refractivity contribution in [2.24, 2.45) is 0 Å². The van der Waals surface area contributed by atoms with E-state index in [0.717, 1.165) is 12.8 Å². The summed E-state index contributed by atoms with van der Waals surface area (Å²) in [7, 11) is 0. The molecule has 0 amide bonds. The van der Waals surface area contributed by atoms with Crippen LogP contribution in [0.15, 0.2) is 11.7 Å².